The maximum Gasteiger partial charge on any atom is 0.329 e. The third-order valence-electron chi connectivity index (χ3n) is 13.8. The van der Waals surface area contributed by atoms with Crippen LogP contribution in [0, 0.1) is 35.5 Å². The number of allylic oxidation sites excluding steroid dienone is 6. The number of Topliss-reactive ketones (excluding diaryl/α,β-unsaturated/α-hetero) is 2. The second-order valence-electron chi connectivity index (χ2n) is 18.9. The minimum atomic E-state index is -1.80. The Kier molecular flexibility index (Phi) is 19.1. The average molecular weight is 858 g/mol. The molecule has 61 heavy (non-hydrogen) atoms. The van der Waals surface area contributed by atoms with E-state index in [1.807, 2.05) is 39.0 Å². The standard InChI is InChI=1S/C48H75NO12/c1-28-13-10-9-11-14-29(2)39(51)25-36-18-16-34(7)48(58,61-36)27-43(53)49-20-12-15-37(49)47(57)60-41(31(4)23-35-17-19-38(50)42(24-35)59-8)26-40(52)30(3)22-33(6)45(55)46(56)44(54)32(5)21-28/h9-11,13-14,22,28,30-32,34-39,41-42,45-46,50-51,55-56,58H,12,15-21,23-27H2,1-8H3/b11-9+,13-10-,29-14+,33-22-/t28-,30-,31-,32-,34-,35?,36+,37+,38+,39+,41+,42+,45-,46+,48+/m1/s1. The van der Waals surface area contributed by atoms with Crippen molar-refractivity contribution in [2.45, 2.75) is 180 Å². The van der Waals surface area contributed by atoms with E-state index in [4.69, 9.17) is 14.2 Å². The average Bonchev–Trinajstić information content (AvgIpc) is 3.72. The van der Waals surface area contributed by atoms with Crippen LogP contribution in [0.5, 0.6) is 0 Å². The van der Waals surface area contributed by atoms with E-state index in [0.29, 0.717) is 56.9 Å². The predicted octanol–water partition coefficient (Wildman–Crippen LogP) is 5.30. The first-order valence-corrected chi connectivity index (χ1v) is 22.7. The first-order valence-electron chi connectivity index (χ1n) is 22.7. The van der Waals surface area contributed by atoms with Crippen molar-refractivity contribution >= 4 is 23.4 Å². The lowest BCUT2D eigenvalue weighted by Gasteiger charge is -2.43. The van der Waals surface area contributed by atoms with Gasteiger partial charge in [0.05, 0.1) is 30.8 Å². The number of cyclic esters (lactones) is 1. The summed E-state index contributed by atoms with van der Waals surface area (Å²) in [5, 5.41) is 55.3. The van der Waals surface area contributed by atoms with Crippen LogP contribution in [-0.2, 0) is 33.4 Å². The highest BCUT2D eigenvalue weighted by Gasteiger charge is 2.47. The van der Waals surface area contributed by atoms with Crippen LogP contribution in [0.1, 0.15) is 126 Å². The number of aliphatic hydroxyl groups excluding tert-OH is 4. The zero-order valence-corrected chi connectivity index (χ0v) is 37.8. The molecule has 1 unspecified atom stereocenters. The van der Waals surface area contributed by atoms with E-state index < -0.39 is 77.9 Å². The number of ether oxygens (including phenoxy) is 3. The zero-order chi connectivity index (χ0) is 45.2. The summed E-state index contributed by atoms with van der Waals surface area (Å²) in [7, 11) is 1.57. The Labute approximate surface area is 363 Å². The molecule has 13 nitrogen and oxygen atoms in total. The van der Waals surface area contributed by atoms with Gasteiger partial charge in [-0.1, -0.05) is 71.1 Å². The lowest BCUT2D eigenvalue weighted by atomic mass is 9.78. The third-order valence-corrected chi connectivity index (χ3v) is 13.8. The van der Waals surface area contributed by atoms with E-state index >= 15 is 0 Å². The Balaban J connectivity index is 1.63. The fraction of sp³-hybridized carbons (Fsp3) is 0.750. The van der Waals surface area contributed by atoms with Gasteiger partial charge in [-0.2, -0.15) is 0 Å². The van der Waals surface area contributed by atoms with Crippen molar-refractivity contribution in [2.75, 3.05) is 13.7 Å². The molecule has 4 aliphatic rings. The summed E-state index contributed by atoms with van der Waals surface area (Å²) in [5.74, 6) is -5.54. The number of carbonyl (C=O) groups excluding carboxylic acids is 4. The Morgan fingerprint density at radius 1 is 0.885 bits per heavy atom. The number of methoxy groups -OCH3 is 1. The molecule has 15 atom stereocenters. The predicted molar refractivity (Wildman–Crippen MR) is 231 cm³/mol. The van der Waals surface area contributed by atoms with Crippen molar-refractivity contribution in [1.29, 1.82) is 0 Å². The number of ketones is 2. The van der Waals surface area contributed by atoms with Crippen molar-refractivity contribution in [1.82, 2.24) is 4.90 Å². The Bertz CT molecular complexity index is 1620. The fourth-order valence-corrected chi connectivity index (χ4v) is 9.55. The number of hydrogen-bond acceptors (Lipinski definition) is 12. The van der Waals surface area contributed by atoms with Gasteiger partial charge < -0.3 is 44.6 Å². The van der Waals surface area contributed by atoms with E-state index in [-0.39, 0.29) is 66.9 Å². The molecule has 0 spiro atoms. The quantitative estimate of drug-likeness (QED) is 0.181. The molecule has 4 rings (SSSR count). The summed E-state index contributed by atoms with van der Waals surface area (Å²) < 4.78 is 18.0. The molecular formula is C48H75NO12. The van der Waals surface area contributed by atoms with Crippen molar-refractivity contribution in [3.05, 3.63) is 47.6 Å². The van der Waals surface area contributed by atoms with Gasteiger partial charge >= 0.3 is 5.97 Å². The summed E-state index contributed by atoms with van der Waals surface area (Å²) in [6, 6.07) is -0.925. The molecule has 0 aromatic rings. The molecule has 3 heterocycles. The van der Waals surface area contributed by atoms with Gasteiger partial charge in [-0.05, 0) is 101 Å². The molecule has 1 amide bonds. The number of rotatable bonds is 4. The first-order chi connectivity index (χ1) is 28.7. The van der Waals surface area contributed by atoms with Crippen LogP contribution >= 0.6 is 0 Å². The molecular weight excluding hydrogens is 783 g/mol. The lowest BCUT2D eigenvalue weighted by molar-refractivity contribution is -0.283. The van der Waals surface area contributed by atoms with Gasteiger partial charge in [0.1, 0.15) is 30.1 Å². The molecule has 1 saturated carbocycles. The van der Waals surface area contributed by atoms with Crippen LogP contribution in [0.4, 0.5) is 0 Å². The molecule has 344 valence electrons. The molecule has 0 radical (unpaired) electrons. The number of aliphatic hydroxyl groups is 5. The smallest absolute Gasteiger partial charge is 0.329 e. The van der Waals surface area contributed by atoms with Gasteiger partial charge in [-0.25, -0.2) is 4.79 Å². The number of fused-ring (bicyclic) bond motifs is 3. The molecule has 13 heteroatoms. The molecule has 3 aliphatic heterocycles. The van der Waals surface area contributed by atoms with Crippen molar-refractivity contribution in [3.8, 4) is 0 Å². The van der Waals surface area contributed by atoms with E-state index in [1.165, 1.54) is 11.0 Å². The second kappa shape index (κ2) is 23.1. The molecule has 1 aliphatic carbocycles. The monoisotopic (exact) mass is 858 g/mol. The number of nitrogens with zero attached hydrogens (tertiary/aromatic N) is 1. The van der Waals surface area contributed by atoms with Gasteiger partial charge in [0.2, 0.25) is 5.91 Å². The van der Waals surface area contributed by atoms with Gasteiger partial charge in [0, 0.05) is 44.2 Å². The Morgan fingerprint density at radius 2 is 1.61 bits per heavy atom. The van der Waals surface area contributed by atoms with Crippen LogP contribution in [0.3, 0.4) is 0 Å². The highest BCUT2D eigenvalue weighted by atomic mass is 16.6. The Morgan fingerprint density at radius 3 is 2.31 bits per heavy atom. The lowest BCUT2D eigenvalue weighted by Crippen LogP contribution is -2.52. The Hall–Kier alpha value is -3.04. The third kappa shape index (κ3) is 14.0. The van der Waals surface area contributed by atoms with Crippen LogP contribution in [0.15, 0.2) is 47.6 Å². The van der Waals surface area contributed by atoms with E-state index in [1.54, 1.807) is 47.0 Å². The summed E-state index contributed by atoms with van der Waals surface area (Å²) in [6.45, 7) is 12.7. The maximum absolute atomic E-state index is 14.1. The molecule has 0 aromatic carbocycles. The summed E-state index contributed by atoms with van der Waals surface area (Å²) >= 11 is 0. The summed E-state index contributed by atoms with van der Waals surface area (Å²) in [6.07, 6.45) is 9.10. The number of carbonyl (C=O) groups is 4. The van der Waals surface area contributed by atoms with Crippen LogP contribution in [0.2, 0.25) is 0 Å². The molecule has 2 bridgehead atoms. The number of amides is 1. The SMILES string of the molecule is CO[C@H]1CC(C[C@@H](C)[C@@H]2CC(=O)[C@H](C)/C=C(/C)[C@@H](O)[C@@H](O)C(=O)[C@H](C)C[C@H](C)\C=C/C=C/C=C(\C)[C@@H](O)C[C@@H]3CC[C@@H](C)[C@](O)(CC(=O)N4CCC[C@H]4C(=O)O2)O3)CC[C@@H]1O. The van der Waals surface area contributed by atoms with Crippen LogP contribution in [0.25, 0.3) is 0 Å². The van der Waals surface area contributed by atoms with Gasteiger partial charge in [0.15, 0.2) is 11.6 Å². The van der Waals surface area contributed by atoms with Gasteiger partial charge in [-0.3, -0.25) is 14.4 Å². The topological polar surface area (TPSA) is 200 Å². The molecule has 0 aromatic heterocycles. The maximum atomic E-state index is 14.1. The molecule has 2 saturated heterocycles. The van der Waals surface area contributed by atoms with Crippen molar-refractivity contribution in [3.63, 3.8) is 0 Å². The van der Waals surface area contributed by atoms with Crippen LogP contribution in [-0.4, -0.2) is 122 Å². The highest BCUT2D eigenvalue weighted by Crippen LogP contribution is 2.38. The van der Waals surface area contributed by atoms with Crippen molar-refractivity contribution < 1.29 is 58.9 Å². The zero-order valence-electron chi connectivity index (χ0n) is 37.8. The van der Waals surface area contributed by atoms with Crippen LogP contribution < -0.4 is 0 Å². The minimum Gasteiger partial charge on any atom is -0.460 e. The van der Waals surface area contributed by atoms with Crippen molar-refractivity contribution in [2.24, 2.45) is 35.5 Å². The normalized spacial score (nSPS) is 42.0. The van der Waals surface area contributed by atoms with E-state index in [2.05, 4.69) is 0 Å². The summed E-state index contributed by atoms with van der Waals surface area (Å²) in [5.41, 5.74) is 0.958. The highest BCUT2D eigenvalue weighted by molar-refractivity contribution is 5.87. The number of hydrogen-bond donors (Lipinski definition) is 5. The second-order valence-corrected chi connectivity index (χ2v) is 18.9. The molecule has 5 N–H and O–H groups in total. The fourth-order valence-electron chi connectivity index (χ4n) is 9.55. The molecule has 3 fully saturated rings. The van der Waals surface area contributed by atoms with Gasteiger partial charge in [-0.15, -0.1) is 0 Å². The summed E-state index contributed by atoms with van der Waals surface area (Å²) in [4.78, 5) is 56.7. The first kappa shape index (κ1) is 50.6. The number of esters is 1. The van der Waals surface area contributed by atoms with Gasteiger partial charge in [0.25, 0.3) is 0 Å². The van der Waals surface area contributed by atoms with E-state index in [9.17, 15) is 44.7 Å². The largest absolute Gasteiger partial charge is 0.460 e. The van der Waals surface area contributed by atoms with E-state index in [0.717, 1.165) is 6.42 Å². The minimum absolute atomic E-state index is 0.0303.